The largest absolute Gasteiger partial charge is 0.494 e. The lowest BCUT2D eigenvalue weighted by molar-refractivity contribution is 0.0745. The summed E-state index contributed by atoms with van der Waals surface area (Å²) in [5.74, 6) is 1.01. The van der Waals surface area contributed by atoms with E-state index in [-0.39, 0.29) is 17.4 Å². The Labute approximate surface area is 191 Å². The fourth-order valence-corrected chi connectivity index (χ4v) is 3.58. The first-order chi connectivity index (χ1) is 16.1. The van der Waals surface area contributed by atoms with Gasteiger partial charge in [-0.25, -0.2) is 4.39 Å². The summed E-state index contributed by atoms with van der Waals surface area (Å²) < 4.78 is 24.4. The first-order valence-corrected chi connectivity index (χ1v) is 10.7. The smallest absolute Gasteiger partial charge is 0.253 e. The van der Waals surface area contributed by atoms with Crippen molar-refractivity contribution in [1.29, 1.82) is 5.26 Å². The van der Waals surface area contributed by atoms with Gasteiger partial charge in [0.15, 0.2) is 0 Å². The number of carbonyl (C=O) groups is 1. The van der Waals surface area contributed by atoms with E-state index in [1.54, 1.807) is 11.0 Å². The van der Waals surface area contributed by atoms with Gasteiger partial charge in [0.1, 0.15) is 17.6 Å². The average Bonchev–Trinajstić information content (AvgIpc) is 3.27. The molecule has 7 nitrogen and oxygen atoms in total. The molecule has 0 radical (unpaired) electrons. The summed E-state index contributed by atoms with van der Waals surface area (Å²) in [4.78, 5) is 20.5. The van der Waals surface area contributed by atoms with E-state index in [2.05, 4.69) is 11.1 Å². The molecule has 4 rings (SSSR count). The average molecular weight is 446 g/mol. The number of nitriles is 1. The van der Waals surface area contributed by atoms with Crippen molar-refractivity contribution in [3.8, 4) is 11.8 Å². The van der Waals surface area contributed by atoms with Crippen molar-refractivity contribution in [3.05, 3.63) is 77.1 Å². The molecule has 0 bridgehead atoms. The van der Waals surface area contributed by atoms with Gasteiger partial charge < -0.3 is 19.0 Å². The molecule has 0 atom stereocenters. The van der Waals surface area contributed by atoms with Crippen molar-refractivity contribution < 1.29 is 18.3 Å². The van der Waals surface area contributed by atoms with E-state index < -0.39 is 0 Å². The standard InChI is InChI=1S/C25H23FN4O3/c1-2-32-21-10-3-18(4-11-21)5-12-23-28-22(17-27)25(33-23)30-15-13-29(14-16-30)24(31)19-6-8-20(26)9-7-19/h3-12H,2,13-16H2,1H3. The SMILES string of the molecule is CCOc1ccc(C=Cc2nc(C#N)c(N3CCN(C(=O)c4ccc(F)cc4)CC3)o2)cc1. The second kappa shape index (κ2) is 10.0. The zero-order valence-electron chi connectivity index (χ0n) is 18.2. The molecule has 0 N–H and O–H groups in total. The van der Waals surface area contributed by atoms with Gasteiger partial charge in [-0.2, -0.15) is 10.2 Å². The molecule has 1 fully saturated rings. The van der Waals surface area contributed by atoms with E-state index in [1.165, 1.54) is 24.3 Å². The van der Waals surface area contributed by atoms with Gasteiger partial charge in [-0.3, -0.25) is 4.79 Å². The van der Waals surface area contributed by atoms with Crippen LogP contribution in [0.5, 0.6) is 5.75 Å². The third-order valence-corrected chi connectivity index (χ3v) is 5.29. The number of halogens is 1. The molecule has 1 aliphatic heterocycles. The lowest BCUT2D eigenvalue weighted by Crippen LogP contribution is -2.48. The molecule has 1 saturated heterocycles. The van der Waals surface area contributed by atoms with E-state index in [4.69, 9.17) is 9.15 Å². The second-order valence-corrected chi connectivity index (χ2v) is 7.44. The summed E-state index contributed by atoms with van der Waals surface area (Å²) in [7, 11) is 0. The highest BCUT2D eigenvalue weighted by Crippen LogP contribution is 2.25. The number of ether oxygens (including phenoxy) is 1. The highest BCUT2D eigenvalue weighted by molar-refractivity contribution is 5.94. The zero-order valence-corrected chi connectivity index (χ0v) is 18.2. The van der Waals surface area contributed by atoms with Crippen LogP contribution in [0, 0.1) is 17.1 Å². The molecule has 0 unspecified atom stereocenters. The minimum Gasteiger partial charge on any atom is -0.494 e. The molecule has 0 saturated carbocycles. The molecule has 0 aliphatic carbocycles. The predicted molar refractivity (Wildman–Crippen MR) is 122 cm³/mol. The molecule has 1 aliphatic rings. The van der Waals surface area contributed by atoms with Crippen molar-refractivity contribution in [2.45, 2.75) is 6.92 Å². The number of piperazine rings is 1. The maximum Gasteiger partial charge on any atom is 0.253 e. The van der Waals surface area contributed by atoms with Gasteiger partial charge in [-0.15, -0.1) is 0 Å². The minimum atomic E-state index is -0.377. The van der Waals surface area contributed by atoms with Gasteiger partial charge >= 0.3 is 0 Å². The van der Waals surface area contributed by atoms with Crippen LogP contribution in [0.1, 0.15) is 34.4 Å². The monoisotopic (exact) mass is 446 g/mol. The van der Waals surface area contributed by atoms with Crippen LogP contribution in [0.15, 0.2) is 52.9 Å². The van der Waals surface area contributed by atoms with E-state index in [0.717, 1.165) is 11.3 Å². The normalized spacial score (nSPS) is 13.8. The Balaban J connectivity index is 1.41. The molecule has 8 heteroatoms. The van der Waals surface area contributed by atoms with Crippen molar-refractivity contribution in [2.75, 3.05) is 37.7 Å². The van der Waals surface area contributed by atoms with E-state index in [0.29, 0.717) is 50.1 Å². The third kappa shape index (κ3) is 5.21. The number of benzene rings is 2. The van der Waals surface area contributed by atoms with Crippen molar-refractivity contribution >= 4 is 23.9 Å². The van der Waals surface area contributed by atoms with Gasteiger partial charge in [-0.1, -0.05) is 12.1 Å². The zero-order chi connectivity index (χ0) is 23.2. The van der Waals surface area contributed by atoms with Crippen LogP contribution in [-0.4, -0.2) is 48.6 Å². The summed E-state index contributed by atoms with van der Waals surface area (Å²) in [6.07, 6.45) is 3.57. The third-order valence-electron chi connectivity index (χ3n) is 5.29. The number of oxazole rings is 1. The Morgan fingerprint density at radius 2 is 1.82 bits per heavy atom. The van der Waals surface area contributed by atoms with Crippen LogP contribution < -0.4 is 9.64 Å². The van der Waals surface area contributed by atoms with Crippen LogP contribution in [-0.2, 0) is 0 Å². The maximum atomic E-state index is 13.1. The molecule has 3 aromatic rings. The van der Waals surface area contributed by atoms with Crippen LogP contribution in [0.4, 0.5) is 10.3 Å². The molecular formula is C25H23FN4O3. The van der Waals surface area contributed by atoms with E-state index >= 15 is 0 Å². The number of nitrogens with zero attached hydrogens (tertiary/aromatic N) is 4. The molecule has 1 aromatic heterocycles. The Bertz CT molecular complexity index is 1170. The van der Waals surface area contributed by atoms with Gasteiger partial charge in [0, 0.05) is 37.8 Å². The van der Waals surface area contributed by atoms with Crippen LogP contribution in [0.2, 0.25) is 0 Å². The molecule has 1 amide bonds. The first-order valence-electron chi connectivity index (χ1n) is 10.7. The van der Waals surface area contributed by atoms with Gasteiger partial charge in [-0.05, 0) is 55.0 Å². The Kier molecular flexibility index (Phi) is 6.69. The topological polar surface area (TPSA) is 82.6 Å². The number of amides is 1. The lowest BCUT2D eigenvalue weighted by atomic mass is 10.2. The summed E-state index contributed by atoms with van der Waals surface area (Å²) >= 11 is 0. The molecule has 168 valence electrons. The minimum absolute atomic E-state index is 0.147. The first kappa shape index (κ1) is 22.1. The van der Waals surface area contributed by atoms with Crippen molar-refractivity contribution in [3.63, 3.8) is 0 Å². The second-order valence-electron chi connectivity index (χ2n) is 7.44. The summed E-state index contributed by atoms with van der Waals surface area (Å²) in [5, 5.41) is 9.51. The fraction of sp³-hybridized carbons (Fsp3) is 0.240. The predicted octanol–water partition coefficient (Wildman–Crippen LogP) is 4.22. The van der Waals surface area contributed by atoms with E-state index in [1.807, 2.05) is 42.2 Å². The van der Waals surface area contributed by atoms with E-state index in [9.17, 15) is 14.4 Å². The lowest BCUT2D eigenvalue weighted by Gasteiger charge is -2.34. The summed E-state index contributed by atoms with van der Waals surface area (Å²) in [6.45, 7) is 4.46. The van der Waals surface area contributed by atoms with Gasteiger partial charge in [0.05, 0.1) is 6.61 Å². The molecule has 2 heterocycles. The quantitative estimate of drug-likeness (QED) is 0.564. The van der Waals surface area contributed by atoms with Crippen LogP contribution in [0.25, 0.3) is 12.2 Å². The number of carbonyl (C=O) groups excluding carboxylic acids is 1. The number of rotatable bonds is 6. The number of hydrogen-bond acceptors (Lipinski definition) is 6. The fourth-order valence-electron chi connectivity index (χ4n) is 3.58. The molecule has 2 aromatic carbocycles. The summed E-state index contributed by atoms with van der Waals surface area (Å²) in [6, 6.07) is 15.2. The molecular weight excluding hydrogens is 423 g/mol. The van der Waals surface area contributed by atoms with Crippen LogP contribution >= 0.6 is 0 Å². The maximum absolute atomic E-state index is 13.1. The van der Waals surface area contributed by atoms with Gasteiger partial charge in [0.2, 0.25) is 17.5 Å². The van der Waals surface area contributed by atoms with Crippen LogP contribution in [0.3, 0.4) is 0 Å². The number of hydrogen-bond donors (Lipinski definition) is 0. The Hall–Kier alpha value is -4.12. The van der Waals surface area contributed by atoms with Crippen molar-refractivity contribution in [1.82, 2.24) is 9.88 Å². The highest BCUT2D eigenvalue weighted by Gasteiger charge is 2.26. The molecule has 33 heavy (non-hydrogen) atoms. The Morgan fingerprint density at radius 3 is 2.45 bits per heavy atom. The number of anilines is 1. The van der Waals surface area contributed by atoms with Gasteiger partial charge in [0.25, 0.3) is 5.91 Å². The van der Waals surface area contributed by atoms with Crippen molar-refractivity contribution in [2.24, 2.45) is 0 Å². The summed E-state index contributed by atoms with van der Waals surface area (Å²) in [5.41, 5.74) is 1.60. The number of aromatic nitrogens is 1. The highest BCUT2D eigenvalue weighted by atomic mass is 19.1. The molecule has 0 spiro atoms. The Morgan fingerprint density at radius 1 is 1.12 bits per heavy atom.